The molecule has 10 heteroatoms. The zero-order valence-corrected chi connectivity index (χ0v) is 16.9. The third-order valence-electron chi connectivity index (χ3n) is 4.43. The molecule has 9 nitrogen and oxygen atoms in total. The molecule has 0 amide bonds. The van der Waals surface area contributed by atoms with Gasteiger partial charge in [0.2, 0.25) is 5.88 Å². The second-order valence-electron chi connectivity index (χ2n) is 6.63. The van der Waals surface area contributed by atoms with Gasteiger partial charge in [-0.15, -0.1) is 10.2 Å². The Morgan fingerprint density at radius 2 is 2.07 bits per heavy atom. The average molecular weight is 415 g/mol. The lowest BCUT2D eigenvalue weighted by Crippen LogP contribution is -2.24. The summed E-state index contributed by atoms with van der Waals surface area (Å²) in [6.45, 7) is 3.78. The molecule has 1 aromatic carbocycles. The number of nitrogens with one attached hydrogen (secondary N) is 1. The van der Waals surface area contributed by atoms with Crippen LogP contribution in [0.1, 0.15) is 25.1 Å². The number of methoxy groups -OCH3 is 1. The van der Waals surface area contributed by atoms with Gasteiger partial charge in [-0.05, 0) is 13.0 Å². The van der Waals surface area contributed by atoms with Crippen LogP contribution in [0.2, 0.25) is 0 Å². The molecule has 2 heterocycles. The van der Waals surface area contributed by atoms with E-state index in [1.807, 2.05) is 0 Å². The molecule has 0 aliphatic carbocycles. The van der Waals surface area contributed by atoms with Gasteiger partial charge in [-0.25, -0.2) is 9.07 Å². The van der Waals surface area contributed by atoms with E-state index in [1.165, 1.54) is 17.9 Å². The number of carbonyl (C=O) groups excluding carboxylic acids is 1. The van der Waals surface area contributed by atoms with Crippen LogP contribution in [0.3, 0.4) is 0 Å². The number of aromatic amines is 1. The molecule has 158 valence electrons. The van der Waals surface area contributed by atoms with E-state index in [1.54, 1.807) is 38.1 Å². The molecular formula is C20H22FN5O4. The van der Waals surface area contributed by atoms with Gasteiger partial charge in [0.25, 0.3) is 5.56 Å². The van der Waals surface area contributed by atoms with Crippen molar-refractivity contribution < 1.29 is 18.7 Å². The molecule has 0 saturated heterocycles. The standard InChI is InChI=1S/C20H22FN5O4/c1-4-30-20(28)12(2)9-16-19(27)22-18(24-23-16)15-10-17(29-3)26(25-15)11-13-7-5-6-8-14(13)21/h5-8,10,12H,4,9,11H2,1-3H3,(H,22,24,27). The predicted molar refractivity (Wildman–Crippen MR) is 105 cm³/mol. The van der Waals surface area contributed by atoms with Gasteiger partial charge < -0.3 is 14.5 Å². The molecule has 1 N–H and O–H groups in total. The molecule has 0 fully saturated rings. The maximum absolute atomic E-state index is 14.0. The first kappa shape index (κ1) is 21.2. The highest BCUT2D eigenvalue weighted by atomic mass is 19.1. The fourth-order valence-corrected chi connectivity index (χ4v) is 2.85. The summed E-state index contributed by atoms with van der Waals surface area (Å²) < 4.78 is 25.7. The monoisotopic (exact) mass is 415 g/mol. The Labute approximate surface area is 171 Å². The van der Waals surface area contributed by atoms with Crippen LogP contribution in [0.25, 0.3) is 11.5 Å². The van der Waals surface area contributed by atoms with Crippen LogP contribution in [-0.4, -0.2) is 44.6 Å². The van der Waals surface area contributed by atoms with E-state index in [0.29, 0.717) is 17.1 Å². The molecule has 3 rings (SSSR count). The maximum atomic E-state index is 14.0. The van der Waals surface area contributed by atoms with Crippen molar-refractivity contribution in [3.63, 3.8) is 0 Å². The minimum Gasteiger partial charge on any atom is -0.481 e. The molecule has 0 aliphatic heterocycles. The molecule has 3 aromatic rings. The van der Waals surface area contributed by atoms with Crippen molar-refractivity contribution in [2.45, 2.75) is 26.8 Å². The minimum absolute atomic E-state index is 0.104. The van der Waals surface area contributed by atoms with E-state index in [4.69, 9.17) is 9.47 Å². The summed E-state index contributed by atoms with van der Waals surface area (Å²) in [6.07, 6.45) is 0.104. The van der Waals surface area contributed by atoms with Gasteiger partial charge in [0.05, 0.1) is 26.2 Å². The Morgan fingerprint density at radius 1 is 1.30 bits per heavy atom. The number of rotatable bonds is 8. The second kappa shape index (κ2) is 9.29. The van der Waals surface area contributed by atoms with E-state index < -0.39 is 17.4 Å². The van der Waals surface area contributed by atoms with Crippen LogP contribution in [0.5, 0.6) is 5.88 Å². The van der Waals surface area contributed by atoms with Crippen LogP contribution in [0.15, 0.2) is 35.1 Å². The van der Waals surface area contributed by atoms with Crippen LogP contribution >= 0.6 is 0 Å². The highest BCUT2D eigenvalue weighted by molar-refractivity contribution is 5.72. The van der Waals surface area contributed by atoms with Gasteiger partial charge in [-0.1, -0.05) is 25.1 Å². The molecule has 0 radical (unpaired) electrons. The van der Waals surface area contributed by atoms with Crippen molar-refractivity contribution in [2.75, 3.05) is 13.7 Å². The summed E-state index contributed by atoms with van der Waals surface area (Å²) in [5, 5.41) is 12.3. The highest BCUT2D eigenvalue weighted by Gasteiger charge is 2.19. The summed E-state index contributed by atoms with van der Waals surface area (Å²) in [7, 11) is 1.47. The summed E-state index contributed by atoms with van der Waals surface area (Å²) in [5.41, 5.74) is 0.405. The largest absolute Gasteiger partial charge is 0.481 e. The van der Waals surface area contributed by atoms with E-state index >= 15 is 0 Å². The summed E-state index contributed by atoms with van der Waals surface area (Å²) in [4.78, 5) is 26.8. The molecule has 0 saturated carbocycles. The fraction of sp³-hybridized carbons (Fsp3) is 0.350. The molecule has 2 aromatic heterocycles. The molecule has 1 atom stereocenters. The molecule has 0 spiro atoms. The van der Waals surface area contributed by atoms with E-state index in [-0.39, 0.29) is 36.9 Å². The molecule has 0 aliphatic rings. The van der Waals surface area contributed by atoms with E-state index in [2.05, 4.69) is 20.3 Å². The fourth-order valence-electron chi connectivity index (χ4n) is 2.85. The Balaban J connectivity index is 1.83. The van der Waals surface area contributed by atoms with Gasteiger partial charge >= 0.3 is 5.97 Å². The zero-order valence-electron chi connectivity index (χ0n) is 16.9. The maximum Gasteiger partial charge on any atom is 0.309 e. The number of H-pyrrole nitrogens is 1. The predicted octanol–water partition coefficient (Wildman–Crippen LogP) is 1.97. The van der Waals surface area contributed by atoms with Gasteiger partial charge in [-0.2, -0.15) is 5.10 Å². The second-order valence-corrected chi connectivity index (χ2v) is 6.63. The number of hydrogen-bond acceptors (Lipinski definition) is 7. The van der Waals surface area contributed by atoms with Crippen molar-refractivity contribution in [3.8, 4) is 17.4 Å². The smallest absolute Gasteiger partial charge is 0.309 e. The SMILES string of the molecule is CCOC(=O)C(C)Cc1nnc(-c2cc(OC)n(Cc3ccccc3F)n2)[nH]c1=O. The first-order valence-corrected chi connectivity index (χ1v) is 9.41. The summed E-state index contributed by atoms with van der Waals surface area (Å²) in [5.74, 6) is -0.774. The first-order valence-electron chi connectivity index (χ1n) is 9.41. The quantitative estimate of drug-likeness (QED) is 0.560. The number of halogens is 1. The number of ether oxygens (including phenoxy) is 2. The highest BCUT2D eigenvalue weighted by Crippen LogP contribution is 2.21. The van der Waals surface area contributed by atoms with Crippen molar-refractivity contribution in [3.05, 3.63) is 57.8 Å². The number of carbonyl (C=O) groups is 1. The minimum atomic E-state index is -0.522. The molecule has 0 bridgehead atoms. The van der Waals surface area contributed by atoms with E-state index in [9.17, 15) is 14.0 Å². The van der Waals surface area contributed by atoms with Crippen LogP contribution < -0.4 is 10.3 Å². The number of esters is 1. The topological polar surface area (TPSA) is 112 Å². The Morgan fingerprint density at radius 3 is 2.73 bits per heavy atom. The lowest BCUT2D eigenvalue weighted by molar-refractivity contribution is -0.147. The van der Waals surface area contributed by atoms with Crippen LogP contribution in [0, 0.1) is 11.7 Å². The van der Waals surface area contributed by atoms with Crippen molar-refractivity contribution >= 4 is 5.97 Å². The van der Waals surface area contributed by atoms with Crippen molar-refractivity contribution in [1.82, 2.24) is 25.0 Å². The number of hydrogen-bond donors (Lipinski definition) is 1. The zero-order chi connectivity index (χ0) is 21.7. The Kier molecular flexibility index (Phi) is 6.55. The molecule has 1 unspecified atom stereocenters. The van der Waals surface area contributed by atoms with Gasteiger partial charge in [0, 0.05) is 18.1 Å². The number of aromatic nitrogens is 5. The normalized spacial score (nSPS) is 11.9. The summed E-state index contributed by atoms with van der Waals surface area (Å²) >= 11 is 0. The third kappa shape index (κ3) is 4.70. The van der Waals surface area contributed by atoms with Crippen molar-refractivity contribution in [1.29, 1.82) is 0 Å². The summed E-state index contributed by atoms with van der Waals surface area (Å²) in [6, 6.07) is 7.92. The lowest BCUT2D eigenvalue weighted by atomic mass is 10.1. The number of nitrogens with zero attached hydrogens (tertiary/aromatic N) is 4. The van der Waals surface area contributed by atoms with Crippen molar-refractivity contribution in [2.24, 2.45) is 5.92 Å². The Hall–Kier alpha value is -3.56. The van der Waals surface area contributed by atoms with Gasteiger partial charge in [-0.3, -0.25) is 9.59 Å². The third-order valence-corrected chi connectivity index (χ3v) is 4.43. The number of benzene rings is 1. The Bertz CT molecular complexity index is 1090. The van der Waals surface area contributed by atoms with Crippen LogP contribution in [0.4, 0.5) is 4.39 Å². The lowest BCUT2D eigenvalue weighted by Gasteiger charge is -2.08. The first-order chi connectivity index (χ1) is 14.4. The van der Waals surface area contributed by atoms with Gasteiger partial charge in [0.1, 0.15) is 17.2 Å². The molecular weight excluding hydrogens is 393 g/mol. The average Bonchev–Trinajstić information content (AvgIpc) is 3.14. The molecule has 30 heavy (non-hydrogen) atoms. The van der Waals surface area contributed by atoms with E-state index in [0.717, 1.165) is 0 Å². The van der Waals surface area contributed by atoms with Gasteiger partial charge in [0.15, 0.2) is 5.82 Å². The van der Waals surface area contributed by atoms with Crippen LogP contribution in [-0.2, 0) is 22.5 Å².